The highest BCUT2D eigenvalue weighted by Crippen LogP contribution is 2.17. The highest BCUT2D eigenvalue weighted by Gasteiger charge is 2.18. The molecule has 3 N–H and O–H groups in total. The number of rotatable bonds is 51. The fraction of sp³-hybridized carbons (Fsp3) is 0.911. The summed E-state index contributed by atoms with van der Waals surface area (Å²) in [6, 6.07) is -0.617. The van der Waals surface area contributed by atoms with E-state index in [1.807, 2.05) is 6.08 Å². The minimum Gasteiger partial charge on any atom is -0.394 e. The zero-order valence-electron chi connectivity index (χ0n) is 41.0. The van der Waals surface area contributed by atoms with E-state index in [4.69, 9.17) is 0 Å². The number of nitrogens with one attached hydrogen (secondary N) is 1. The van der Waals surface area contributed by atoms with Crippen LogP contribution >= 0.6 is 0 Å². The summed E-state index contributed by atoms with van der Waals surface area (Å²) in [4.78, 5) is 12.4. The number of hydrogen-bond acceptors (Lipinski definition) is 3. The Morgan fingerprint density at radius 3 is 0.917 bits per heavy atom. The van der Waals surface area contributed by atoms with Crippen LogP contribution in [0.2, 0.25) is 0 Å². The number of allylic oxidation sites excluding steroid dienone is 3. The number of aliphatic hydroxyl groups excluding tert-OH is 2. The van der Waals surface area contributed by atoms with Gasteiger partial charge in [-0.15, -0.1) is 0 Å². The van der Waals surface area contributed by atoms with Gasteiger partial charge in [0.2, 0.25) is 5.91 Å². The first-order chi connectivity index (χ1) is 29.7. The zero-order chi connectivity index (χ0) is 43.5. The van der Waals surface area contributed by atoms with Crippen LogP contribution in [-0.2, 0) is 4.79 Å². The van der Waals surface area contributed by atoms with Crippen LogP contribution in [0.25, 0.3) is 0 Å². The molecule has 0 rings (SSSR count). The normalized spacial score (nSPS) is 12.9. The summed E-state index contributed by atoms with van der Waals surface area (Å²) < 4.78 is 0. The number of hydrogen-bond donors (Lipinski definition) is 3. The fourth-order valence-electron chi connectivity index (χ4n) is 8.71. The maximum Gasteiger partial charge on any atom is 0.220 e. The van der Waals surface area contributed by atoms with Crippen molar-refractivity contribution >= 4 is 5.91 Å². The zero-order valence-corrected chi connectivity index (χ0v) is 41.0. The largest absolute Gasteiger partial charge is 0.394 e. The van der Waals surface area contributed by atoms with Crippen LogP contribution < -0.4 is 5.32 Å². The summed E-state index contributed by atoms with van der Waals surface area (Å²) in [6.07, 6.45) is 69.3. The summed E-state index contributed by atoms with van der Waals surface area (Å²) in [7, 11) is 0. The fourth-order valence-corrected chi connectivity index (χ4v) is 8.71. The van der Waals surface area contributed by atoms with Gasteiger partial charge < -0.3 is 15.5 Å². The average Bonchev–Trinajstić information content (AvgIpc) is 3.25. The number of aliphatic hydroxyl groups is 2. The molecule has 0 aromatic heterocycles. The second-order valence-electron chi connectivity index (χ2n) is 19.0. The van der Waals surface area contributed by atoms with Gasteiger partial charge in [0.15, 0.2) is 0 Å². The molecule has 0 heterocycles. The Labute approximate surface area is 377 Å². The number of carbonyl (C=O) groups excluding carboxylic acids is 1. The van der Waals surface area contributed by atoms with Crippen molar-refractivity contribution in [1.29, 1.82) is 0 Å². The quantitative estimate of drug-likeness (QED) is 0.0422. The molecule has 0 saturated carbocycles. The molecule has 4 nitrogen and oxygen atoms in total. The van der Waals surface area contributed by atoms with E-state index < -0.39 is 12.1 Å². The molecule has 1 amide bonds. The first-order valence-electron chi connectivity index (χ1n) is 27.6. The van der Waals surface area contributed by atoms with Gasteiger partial charge in [0.05, 0.1) is 18.8 Å². The SMILES string of the molecule is CCCCCCCCCC/C=C\CCCCCCCCCCCCCCCCCCCCCCCCCCCC(=O)NC(CO)C(O)/C=C/CCCCCCCCCCC. The minimum atomic E-state index is -0.834. The van der Waals surface area contributed by atoms with Crippen molar-refractivity contribution in [1.82, 2.24) is 5.32 Å². The van der Waals surface area contributed by atoms with Crippen LogP contribution in [0.5, 0.6) is 0 Å². The maximum absolute atomic E-state index is 12.4. The van der Waals surface area contributed by atoms with Gasteiger partial charge in [-0.25, -0.2) is 0 Å². The van der Waals surface area contributed by atoms with Gasteiger partial charge in [0, 0.05) is 6.42 Å². The van der Waals surface area contributed by atoms with E-state index in [0.717, 1.165) is 25.7 Å². The van der Waals surface area contributed by atoms with Crippen LogP contribution in [0.3, 0.4) is 0 Å². The van der Waals surface area contributed by atoms with E-state index in [-0.39, 0.29) is 12.5 Å². The van der Waals surface area contributed by atoms with Gasteiger partial charge in [0.25, 0.3) is 0 Å². The Morgan fingerprint density at radius 2 is 0.633 bits per heavy atom. The Morgan fingerprint density at radius 1 is 0.383 bits per heavy atom. The molecule has 0 radical (unpaired) electrons. The average molecular weight is 844 g/mol. The Bertz CT molecular complexity index is 871. The Hall–Kier alpha value is -1.13. The Balaban J connectivity index is 3.35. The molecular weight excluding hydrogens is 735 g/mol. The molecule has 0 aliphatic heterocycles. The van der Waals surface area contributed by atoms with Crippen molar-refractivity contribution < 1.29 is 15.0 Å². The van der Waals surface area contributed by atoms with Crippen molar-refractivity contribution in [3.05, 3.63) is 24.3 Å². The molecule has 356 valence electrons. The third kappa shape index (κ3) is 47.9. The van der Waals surface area contributed by atoms with Crippen LogP contribution in [0.4, 0.5) is 0 Å². The Kier molecular flexibility index (Phi) is 51.2. The molecule has 0 aromatic carbocycles. The van der Waals surface area contributed by atoms with Crippen LogP contribution in [0.15, 0.2) is 24.3 Å². The molecule has 0 aliphatic carbocycles. The molecule has 0 saturated heterocycles. The first kappa shape index (κ1) is 58.9. The highest BCUT2D eigenvalue weighted by atomic mass is 16.3. The molecule has 2 atom stereocenters. The van der Waals surface area contributed by atoms with Gasteiger partial charge in [-0.1, -0.05) is 282 Å². The second-order valence-corrected chi connectivity index (χ2v) is 19.0. The van der Waals surface area contributed by atoms with Crippen LogP contribution in [0.1, 0.15) is 309 Å². The van der Waals surface area contributed by atoms with E-state index >= 15 is 0 Å². The van der Waals surface area contributed by atoms with E-state index in [1.54, 1.807) is 6.08 Å². The number of unbranched alkanes of at least 4 members (excludes halogenated alkanes) is 42. The lowest BCUT2D eigenvalue weighted by atomic mass is 10.0. The molecule has 0 aromatic rings. The summed E-state index contributed by atoms with van der Waals surface area (Å²) in [5.41, 5.74) is 0. The molecular formula is C56H109NO3. The van der Waals surface area contributed by atoms with Gasteiger partial charge >= 0.3 is 0 Å². The molecule has 2 unspecified atom stereocenters. The van der Waals surface area contributed by atoms with E-state index in [2.05, 4.69) is 31.3 Å². The molecule has 0 spiro atoms. The standard InChI is InChI=1S/C56H109NO3/c1-3-5-7-9-11-13-15-16-17-18-19-20-21-22-23-24-25-26-27-28-29-30-31-32-33-34-35-36-37-38-39-40-42-44-46-48-50-52-56(60)57-54(53-58)55(59)51-49-47-45-43-41-14-12-10-8-6-4-2/h18-19,49,51,54-55,58-59H,3-17,20-48,50,52-53H2,1-2H3,(H,57,60)/b19-18-,51-49+. The van der Waals surface area contributed by atoms with E-state index in [9.17, 15) is 15.0 Å². The predicted octanol–water partition coefficient (Wildman–Crippen LogP) is 17.9. The van der Waals surface area contributed by atoms with Crippen molar-refractivity contribution in [3.63, 3.8) is 0 Å². The van der Waals surface area contributed by atoms with Crippen LogP contribution in [-0.4, -0.2) is 34.9 Å². The van der Waals surface area contributed by atoms with Gasteiger partial charge in [-0.3, -0.25) is 4.79 Å². The highest BCUT2D eigenvalue weighted by molar-refractivity contribution is 5.76. The van der Waals surface area contributed by atoms with E-state index in [0.29, 0.717) is 6.42 Å². The smallest absolute Gasteiger partial charge is 0.220 e. The molecule has 0 fully saturated rings. The lowest BCUT2D eigenvalue weighted by Crippen LogP contribution is -2.45. The first-order valence-corrected chi connectivity index (χ1v) is 27.6. The van der Waals surface area contributed by atoms with Gasteiger partial charge in [-0.05, 0) is 44.9 Å². The molecule has 0 bridgehead atoms. The third-order valence-electron chi connectivity index (χ3n) is 12.9. The van der Waals surface area contributed by atoms with Crippen molar-refractivity contribution in [3.8, 4) is 0 Å². The third-order valence-corrected chi connectivity index (χ3v) is 12.9. The van der Waals surface area contributed by atoms with Gasteiger partial charge in [0.1, 0.15) is 0 Å². The predicted molar refractivity (Wildman–Crippen MR) is 267 cm³/mol. The molecule has 60 heavy (non-hydrogen) atoms. The summed E-state index contributed by atoms with van der Waals surface area (Å²) in [5.74, 6) is -0.0597. The lowest BCUT2D eigenvalue weighted by molar-refractivity contribution is -0.123. The second kappa shape index (κ2) is 52.2. The topological polar surface area (TPSA) is 69.6 Å². The maximum atomic E-state index is 12.4. The number of carbonyl (C=O) groups is 1. The minimum absolute atomic E-state index is 0.0597. The van der Waals surface area contributed by atoms with Crippen molar-refractivity contribution in [2.45, 2.75) is 321 Å². The van der Waals surface area contributed by atoms with Crippen LogP contribution in [0, 0.1) is 0 Å². The monoisotopic (exact) mass is 844 g/mol. The van der Waals surface area contributed by atoms with Crippen molar-refractivity contribution in [2.75, 3.05) is 6.61 Å². The number of amides is 1. The molecule has 4 heteroatoms. The lowest BCUT2D eigenvalue weighted by Gasteiger charge is -2.20. The van der Waals surface area contributed by atoms with Gasteiger partial charge in [-0.2, -0.15) is 0 Å². The van der Waals surface area contributed by atoms with E-state index in [1.165, 1.54) is 263 Å². The molecule has 0 aliphatic rings. The summed E-state index contributed by atoms with van der Waals surface area (Å²) >= 11 is 0. The summed E-state index contributed by atoms with van der Waals surface area (Å²) in [5, 5.41) is 23.0. The van der Waals surface area contributed by atoms with Crippen molar-refractivity contribution in [2.24, 2.45) is 0 Å². The summed E-state index contributed by atoms with van der Waals surface area (Å²) in [6.45, 7) is 4.31.